The summed E-state index contributed by atoms with van der Waals surface area (Å²) in [5, 5.41) is 8.79. The van der Waals surface area contributed by atoms with Crippen LogP contribution in [-0.2, 0) is 51.0 Å². The molecule has 5 rings (SSSR count). The number of alkyl halides is 2. The average molecular weight is 768 g/mol. The lowest BCUT2D eigenvalue weighted by Gasteiger charge is -2.24. The van der Waals surface area contributed by atoms with Crippen molar-refractivity contribution in [1.82, 2.24) is 5.32 Å². The second-order valence-corrected chi connectivity index (χ2v) is 13.3. The van der Waals surface area contributed by atoms with Crippen LogP contribution in [0, 0.1) is 6.92 Å². The maximum Gasteiger partial charge on any atom is 0.411 e. The fraction of sp³-hybridized carbons (Fsp3) is 0.209. The third kappa shape index (κ3) is 11.7. The summed E-state index contributed by atoms with van der Waals surface area (Å²) in [6.45, 7) is 3.39. The van der Waals surface area contributed by atoms with Gasteiger partial charge >= 0.3 is 18.0 Å². The number of halogens is 3. The maximum atomic E-state index is 15.4. The molecule has 1 atom stereocenters. The summed E-state index contributed by atoms with van der Waals surface area (Å²) in [5.74, 6) is -5.03. The van der Waals surface area contributed by atoms with Crippen LogP contribution < -0.4 is 16.0 Å². The van der Waals surface area contributed by atoms with Crippen molar-refractivity contribution in [2.45, 2.75) is 58.3 Å². The molecule has 0 unspecified atom stereocenters. The molecule has 5 aromatic carbocycles. The number of rotatable bonds is 15. The normalized spacial score (nSPS) is 11.6. The van der Waals surface area contributed by atoms with Gasteiger partial charge in [-0.25, -0.2) is 4.79 Å². The lowest BCUT2D eigenvalue weighted by molar-refractivity contribution is -0.172. The Bertz CT molecular complexity index is 2110. The number of carbonyl (C=O) groups is 4. The first-order valence-electron chi connectivity index (χ1n) is 17.5. The Morgan fingerprint density at radius 1 is 0.782 bits per heavy atom. The number of carbonyl (C=O) groups excluding carboxylic acids is 4. The summed E-state index contributed by atoms with van der Waals surface area (Å²) in [6.07, 6.45) is -2.61. The predicted octanol–water partition coefficient (Wildman–Crippen LogP) is 9.16. The summed E-state index contributed by atoms with van der Waals surface area (Å²) in [5.41, 5.74) is 4.64. The Morgan fingerprint density at radius 3 is 2.18 bits per heavy atom. The van der Waals surface area contributed by atoms with Crippen LogP contribution in [0.3, 0.4) is 0 Å². The third-order valence-corrected chi connectivity index (χ3v) is 9.02. The molecular weight excluding hydrogens is 728 g/mol. The number of benzene rings is 5. The Hall–Kier alpha value is -6.07. The molecular formula is C43H40ClF2N3O6. The van der Waals surface area contributed by atoms with Crippen LogP contribution in [0.1, 0.15) is 57.1 Å². The van der Waals surface area contributed by atoms with Gasteiger partial charge in [-0.05, 0) is 84.5 Å². The molecule has 0 saturated carbocycles. The van der Waals surface area contributed by atoms with Gasteiger partial charge < -0.3 is 20.1 Å². The van der Waals surface area contributed by atoms with Crippen molar-refractivity contribution >= 4 is 46.9 Å². The number of anilines is 2. The van der Waals surface area contributed by atoms with Gasteiger partial charge in [0.1, 0.15) is 6.61 Å². The quantitative estimate of drug-likeness (QED) is 0.0914. The molecule has 0 fully saturated rings. The standard InChI is InChI=1S/C43H40ClF2N3O6/c1-28-12-15-34(37(44)24-28)26-47-41(52)33-16-21-36(22-17-33)48-39(50)25-30-13-19-35(20-14-30)43(45,46)29(2)55-40(51)23-18-32-10-6-7-11-38(32)49-42(53)54-27-31-8-4-3-5-9-31/h3-17,19-22,24,29H,18,23,25-27H2,1-2H3,(H,47,52)(H,48,50)(H,49,53)/t29-/m1/s1. The number of hydrogen-bond donors (Lipinski definition) is 3. The first-order valence-corrected chi connectivity index (χ1v) is 17.9. The summed E-state index contributed by atoms with van der Waals surface area (Å²) < 4.78 is 41.1. The monoisotopic (exact) mass is 767 g/mol. The highest BCUT2D eigenvalue weighted by Gasteiger charge is 2.41. The van der Waals surface area contributed by atoms with Crippen molar-refractivity contribution in [3.05, 3.63) is 165 Å². The molecule has 55 heavy (non-hydrogen) atoms. The van der Waals surface area contributed by atoms with Crippen LogP contribution in [0.2, 0.25) is 5.02 Å². The van der Waals surface area contributed by atoms with Crippen LogP contribution in [0.4, 0.5) is 25.0 Å². The number of esters is 1. The minimum Gasteiger partial charge on any atom is -0.456 e. The lowest BCUT2D eigenvalue weighted by atomic mass is 10.0. The largest absolute Gasteiger partial charge is 0.456 e. The van der Waals surface area contributed by atoms with Gasteiger partial charge in [0.05, 0.1) is 6.42 Å². The molecule has 3 amide bonds. The van der Waals surface area contributed by atoms with Crippen LogP contribution in [0.15, 0.2) is 121 Å². The van der Waals surface area contributed by atoms with E-state index in [-0.39, 0.29) is 49.8 Å². The summed E-state index contributed by atoms with van der Waals surface area (Å²) >= 11 is 6.25. The molecule has 0 aromatic heterocycles. The highest BCUT2D eigenvalue weighted by atomic mass is 35.5. The van der Waals surface area contributed by atoms with Crippen molar-refractivity contribution in [3.63, 3.8) is 0 Å². The molecule has 5 aromatic rings. The fourth-order valence-corrected chi connectivity index (χ4v) is 5.85. The second-order valence-electron chi connectivity index (χ2n) is 12.9. The molecule has 284 valence electrons. The van der Waals surface area contributed by atoms with E-state index in [0.717, 1.165) is 23.6 Å². The zero-order valence-electron chi connectivity index (χ0n) is 30.2. The van der Waals surface area contributed by atoms with E-state index >= 15 is 8.78 Å². The Kier molecular flexibility index (Phi) is 13.7. The van der Waals surface area contributed by atoms with Crippen molar-refractivity contribution < 1.29 is 37.4 Å². The summed E-state index contributed by atoms with van der Waals surface area (Å²) in [7, 11) is 0. The Morgan fingerprint density at radius 2 is 1.47 bits per heavy atom. The van der Waals surface area contributed by atoms with Gasteiger partial charge in [0.15, 0.2) is 6.10 Å². The van der Waals surface area contributed by atoms with E-state index in [1.807, 2.05) is 55.5 Å². The van der Waals surface area contributed by atoms with Crippen molar-refractivity contribution in [2.75, 3.05) is 10.6 Å². The van der Waals surface area contributed by atoms with Crippen LogP contribution in [0.5, 0.6) is 0 Å². The molecule has 3 N–H and O–H groups in total. The van der Waals surface area contributed by atoms with Gasteiger partial charge in [-0.15, -0.1) is 0 Å². The number of ether oxygens (including phenoxy) is 2. The number of para-hydroxylation sites is 1. The Balaban J connectivity index is 1.06. The topological polar surface area (TPSA) is 123 Å². The van der Waals surface area contributed by atoms with Gasteiger partial charge in [0, 0.05) is 40.5 Å². The molecule has 0 aliphatic heterocycles. The number of nitrogens with one attached hydrogen (secondary N) is 3. The number of aryl methyl sites for hydroxylation is 2. The lowest BCUT2D eigenvalue weighted by Crippen LogP contribution is -2.33. The molecule has 0 spiro atoms. The molecule has 0 bridgehead atoms. The van der Waals surface area contributed by atoms with Gasteiger partial charge in [-0.3, -0.25) is 19.7 Å². The summed E-state index contributed by atoms with van der Waals surface area (Å²) in [6, 6.07) is 33.2. The van der Waals surface area contributed by atoms with Crippen molar-refractivity contribution in [2.24, 2.45) is 0 Å². The van der Waals surface area contributed by atoms with Gasteiger partial charge in [0.2, 0.25) is 5.91 Å². The van der Waals surface area contributed by atoms with E-state index in [4.69, 9.17) is 21.1 Å². The molecule has 0 heterocycles. The molecule has 0 radical (unpaired) electrons. The molecule has 0 saturated heterocycles. The van der Waals surface area contributed by atoms with Crippen LogP contribution in [-0.4, -0.2) is 30.0 Å². The van der Waals surface area contributed by atoms with Crippen LogP contribution in [0.25, 0.3) is 0 Å². The molecule has 12 heteroatoms. The minimum absolute atomic E-state index is 0.0807. The minimum atomic E-state index is -3.52. The van der Waals surface area contributed by atoms with Gasteiger partial charge in [-0.2, -0.15) is 8.78 Å². The van der Waals surface area contributed by atoms with E-state index < -0.39 is 24.1 Å². The first kappa shape index (κ1) is 40.1. The van der Waals surface area contributed by atoms with Gasteiger partial charge in [-0.1, -0.05) is 96.5 Å². The second kappa shape index (κ2) is 18.8. The molecule has 0 aliphatic carbocycles. The Labute approximate surface area is 323 Å². The van der Waals surface area contributed by atoms with E-state index in [9.17, 15) is 19.2 Å². The predicted molar refractivity (Wildman–Crippen MR) is 207 cm³/mol. The zero-order chi connectivity index (χ0) is 39.4. The zero-order valence-corrected chi connectivity index (χ0v) is 31.0. The third-order valence-electron chi connectivity index (χ3n) is 8.67. The van der Waals surface area contributed by atoms with Crippen molar-refractivity contribution in [3.8, 4) is 0 Å². The van der Waals surface area contributed by atoms with E-state index in [0.29, 0.717) is 33.1 Å². The maximum absolute atomic E-state index is 15.4. The SMILES string of the molecule is Cc1ccc(CNC(=O)c2ccc(NC(=O)Cc3ccc(C(F)(F)[C@@H](C)OC(=O)CCc4ccccc4NC(=O)OCc4ccccc4)cc3)cc2)c(Cl)c1. The summed E-state index contributed by atoms with van der Waals surface area (Å²) in [4.78, 5) is 50.3. The fourth-order valence-electron chi connectivity index (χ4n) is 5.54. The smallest absolute Gasteiger partial charge is 0.411 e. The number of amides is 3. The van der Waals surface area contributed by atoms with E-state index in [1.165, 1.54) is 24.3 Å². The van der Waals surface area contributed by atoms with E-state index in [1.54, 1.807) is 48.5 Å². The van der Waals surface area contributed by atoms with Crippen LogP contribution >= 0.6 is 11.6 Å². The molecule has 0 aliphatic rings. The number of hydrogen-bond acceptors (Lipinski definition) is 6. The first-order chi connectivity index (χ1) is 26.4. The highest BCUT2D eigenvalue weighted by molar-refractivity contribution is 6.31. The average Bonchev–Trinajstić information content (AvgIpc) is 3.17. The molecule has 9 nitrogen and oxygen atoms in total. The highest BCUT2D eigenvalue weighted by Crippen LogP contribution is 2.34. The van der Waals surface area contributed by atoms with E-state index in [2.05, 4.69) is 16.0 Å². The van der Waals surface area contributed by atoms with Crippen molar-refractivity contribution in [1.29, 1.82) is 0 Å². The van der Waals surface area contributed by atoms with Gasteiger partial charge in [0.25, 0.3) is 5.91 Å².